The molecule has 0 radical (unpaired) electrons. The van der Waals surface area contributed by atoms with Crippen LogP contribution in [0.2, 0.25) is 0 Å². The Kier molecular flexibility index (Phi) is 4.92. The number of furan rings is 1. The van der Waals surface area contributed by atoms with E-state index >= 15 is 0 Å². The first-order chi connectivity index (χ1) is 13.6. The first kappa shape index (κ1) is 18.3. The normalized spacial score (nSPS) is 11.0. The van der Waals surface area contributed by atoms with Crippen molar-refractivity contribution in [3.8, 4) is 11.5 Å². The summed E-state index contributed by atoms with van der Waals surface area (Å²) >= 11 is 3.43. The quantitative estimate of drug-likeness (QED) is 0.487. The molecule has 0 aliphatic heterocycles. The fourth-order valence-electron chi connectivity index (χ4n) is 3.00. The summed E-state index contributed by atoms with van der Waals surface area (Å²) in [7, 11) is 3.22. The molecule has 2 heterocycles. The molecule has 0 aliphatic rings. The number of carbonyl (C=O) groups is 1. The molecule has 28 heavy (non-hydrogen) atoms. The van der Waals surface area contributed by atoms with Gasteiger partial charge in [-0.05, 0) is 48.5 Å². The minimum atomic E-state index is -0.318. The minimum absolute atomic E-state index is 0.207. The number of fused-ring (bicyclic) bond motifs is 2. The van der Waals surface area contributed by atoms with Crippen LogP contribution in [0.5, 0.6) is 11.5 Å². The number of halogens is 1. The summed E-state index contributed by atoms with van der Waals surface area (Å²) in [5, 5.41) is 4.53. The third-order valence-corrected chi connectivity index (χ3v) is 4.91. The van der Waals surface area contributed by atoms with Crippen molar-refractivity contribution in [1.29, 1.82) is 0 Å². The summed E-state index contributed by atoms with van der Waals surface area (Å²) in [4.78, 5) is 17.0. The second-order valence-electron chi connectivity index (χ2n) is 6.19. The molecule has 2 aromatic heterocycles. The van der Waals surface area contributed by atoms with Crippen LogP contribution in [0.25, 0.3) is 22.0 Å². The number of hydrogen-bond acceptors (Lipinski definition) is 5. The van der Waals surface area contributed by atoms with Crippen molar-refractivity contribution in [1.82, 2.24) is 10.3 Å². The topological polar surface area (TPSA) is 73.6 Å². The zero-order valence-corrected chi connectivity index (χ0v) is 16.9. The SMILES string of the molecule is COc1ccc2nc3oc(C(=O)NCc4cc(Br)ccc4OC)cc3cc2c1. The van der Waals surface area contributed by atoms with Crippen LogP contribution < -0.4 is 14.8 Å². The molecule has 0 unspecified atom stereocenters. The number of nitrogens with zero attached hydrogens (tertiary/aromatic N) is 1. The minimum Gasteiger partial charge on any atom is -0.497 e. The molecule has 4 aromatic rings. The zero-order valence-electron chi connectivity index (χ0n) is 15.3. The van der Waals surface area contributed by atoms with Crippen LogP contribution in [0.3, 0.4) is 0 Å². The molecule has 0 fully saturated rings. The van der Waals surface area contributed by atoms with Gasteiger partial charge in [0.1, 0.15) is 11.5 Å². The van der Waals surface area contributed by atoms with E-state index in [9.17, 15) is 4.79 Å². The van der Waals surface area contributed by atoms with Crippen molar-refractivity contribution in [2.45, 2.75) is 6.54 Å². The lowest BCUT2D eigenvalue weighted by Crippen LogP contribution is -2.22. The van der Waals surface area contributed by atoms with Crippen molar-refractivity contribution >= 4 is 43.8 Å². The average molecular weight is 441 g/mol. The van der Waals surface area contributed by atoms with Gasteiger partial charge >= 0.3 is 0 Å². The van der Waals surface area contributed by atoms with Crippen LogP contribution in [0.15, 0.2) is 57.4 Å². The second-order valence-corrected chi connectivity index (χ2v) is 7.11. The van der Waals surface area contributed by atoms with Gasteiger partial charge in [0.15, 0.2) is 5.76 Å². The van der Waals surface area contributed by atoms with Gasteiger partial charge in [0.05, 0.1) is 19.7 Å². The summed E-state index contributed by atoms with van der Waals surface area (Å²) in [5.41, 5.74) is 2.05. The highest BCUT2D eigenvalue weighted by atomic mass is 79.9. The Morgan fingerprint density at radius 1 is 1.07 bits per heavy atom. The molecule has 1 N–H and O–H groups in total. The number of ether oxygens (including phenoxy) is 2. The van der Waals surface area contributed by atoms with Gasteiger partial charge in [0.25, 0.3) is 5.91 Å². The molecule has 142 valence electrons. The van der Waals surface area contributed by atoms with Crippen molar-refractivity contribution in [3.63, 3.8) is 0 Å². The van der Waals surface area contributed by atoms with E-state index in [0.717, 1.165) is 32.1 Å². The number of amides is 1. The van der Waals surface area contributed by atoms with Crippen molar-refractivity contribution in [2.24, 2.45) is 0 Å². The molecule has 0 saturated carbocycles. The number of carbonyl (C=O) groups excluding carboxylic acids is 1. The van der Waals surface area contributed by atoms with Crippen molar-refractivity contribution < 1.29 is 18.7 Å². The fourth-order valence-corrected chi connectivity index (χ4v) is 3.41. The summed E-state index contributed by atoms with van der Waals surface area (Å²) in [6.07, 6.45) is 0. The molecular weight excluding hydrogens is 424 g/mol. The standard InChI is InChI=1S/C21H17BrN2O4/c1-26-16-4-5-17-12(9-16)7-13-10-19(28-21(13)24-17)20(25)23-11-14-8-15(22)3-6-18(14)27-2/h3-10H,11H2,1-2H3,(H,23,25). The van der Waals surface area contributed by atoms with Crippen LogP contribution >= 0.6 is 15.9 Å². The first-order valence-electron chi connectivity index (χ1n) is 8.56. The van der Waals surface area contributed by atoms with E-state index in [-0.39, 0.29) is 11.7 Å². The molecule has 4 rings (SSSR count). The van der Waals surface area contributed by atoms with Crippen molar-refractivity contribution in [2.75, 3.05) is 14.2 Å². The monoisotopic (exact) mass is 440 g/mol. The predicted molar refractivity (Wildman–Crippen MR) is 110 cm³/mol. The summed E-state index contributed by atoms with van der Waals surface area (Å²) in [6.45, 7) is 0.311. The second kappa shape index (κ2) is 7.52. The molecule has 0 atom stereocenters. The fraction of sp³-hybridized carbons (Fsp3) is 0.143. The van der Waals surface area contributed by atoms with Gasteiger partial charge in [-0.3, -0.25) is 4.79 Å². The highest BCUT2D eigenvalue weighted by Crippen LogP contribution is 2.26. The van der Waals surface area contributed by atoms with Gasteiger partial charge in [-0.15, -0.1) is 0 Å². The van der Waals surface area contributed by atoms with E-state index in [4.69, 9.17) is 13.9 Å². The number of rotatable bonds is 5. The van der Waals surface area contributed by atoms with Crippen LogP contribution in [0, 0.1) is 0 Å². The third-order valence-electron chi connectivity index (χ3n) is 4.41. The Morgan fingerprint density at radius 2 is 1.93 bits per heavy atom. The average Bonchev–Trinajstić information content (AvgIpc) is 3.12. The van der Waals surface area contributed by atoms with Crippen LogP contribution in [-0.2, 0) is 6.54 Å². The van der Waals surface area contributed by atoms with E-state index in [0.29, 0.717) is 18.0 Å². The number of methoxy groups -OCH3 is 2. The highest BCUT2D eigenvalue weighted by Gasteiger charge is 2.15. The summed E-state index contributed by atoms with van der Waals surface area (Å²) in [6, 6.07) is 14.8. The largest absolute Gasteiger partial charge is 0.497 e. The molecule has 1 amide bonds. The molecule has 0 saturated heterocycles. The van der Waals surface area contributed by atoms with Gasteiger partial charge in [0.2, 0.25) is 5.71 Å². The molecule has 2 aromatic carbocycles. The molecular formula is C21H17BrN2O4. The van der Waals surface area contributed by atoms with E-state index in [1.165, 1.54) is 0 Å². The van der Waals surface area contributed by atoms with Crippen molar-refractivity contribution in [3.05, 3.63) is 64.3 Å². The first-order valence-corrected chi connectivity index (χ1v) is 9.35. The van der Waals surface area contributed by atoms with E-state index in [2.05, 4.69) is 26.2 Å². The van der Waals surface area contributed by atoms with Crippen LogP contribution in [-0.4, -0.2) is 25.1 Å². The maximum atomic E-state index is 12.6. The lowest BCUT2D eigenvalue weighted by molar-refractivity contribution is 0.0925. The smallest absolute Gasteiger partial charge is 0.287 e. The van der Waals surface area contributed by atoms with E-state index in [1.54, 1.807) is 20.3 Å². The maximum absolute atomic E-state index is 12.6. The van der Waals surface area contributed by atoms with Crippen LogP contribution in [0.4, 0.5) is 0 Å². The Balaban J connectivity index is 1.59. The number of hydrogen-bond donors (Lipinski definition) is 1. The molecule has 0 aliphatic carbocycles. The Bertz CT molecular complexity index is 1190. The molecule has 7 heteroatoms. The number of pyridine rings is 1. The zero-order chi connectivity index (χ0) is 19.7. The summed E-state index contributed by atoms with van der Waals surface area (Å²) < 4.78 is 17.2. The number of nitrogens with one attached hydrogen (secondary N) is 1. The highest BCUT2D eigenvalue weighted by molar-refractivity contribution is 9.10. The molecule has 0 bridgehead atoms. The van der Waals surface area contributed by atoms with Gasteiger partial charge in [-0.2, -0.15) is 0 Å². The van der Waals surface area contributed by atoms with Crippen LogP contribution in [0.1, 0.15) is 16.1 Å². The Morgan fingerprint density at radius 3 is 2.71 bits per heavy atom. The molecule has 6 nitrogen and oxygen atoms in total. The van der Waals surface area contributed by atoms with Gasteiger partial charge in [0, 0.05) is 27.4 Å². The Hall–Kier alpha value is -3.06. The third kappa shape index (κ3) is 3.53. The van der Waals surface area contributed by atoms with Gasteiger partial charge < -0.3 is 19.2 Å². The van der Waals surface area contributed by atoms with Gasteiger partial charge in [-0.1, -0.05) is 15.9 Å². The molecule has 0 spiro atoms. The lowest BCUT2D eigenvalue weighted by Gasteiger charge is -2.09. The summed E-state index contributed by atoms with van der Waals surface area (Å²) in [5.74, 6) is 1.34. The lowest BCUT2D eigenvalue weighted by atomic mass is 10.2. The number of benzene rings is 2. The number of aromatic nitrogens is 1. The van der Waals surface area contributed by atoms with E-state index < -0.39 is 0 Å². The Labute approximate surface area is 169 Å². The van der Waals surface area contributed by atoms with E-state index in [1.807, 2.05) is 42.5 Å². The maximum Gasteiger partial charge on any atom is 0.287 e. The van der Waals surface area contributed by atoms with Gasteiger partial charge in [-0.25, -0.2) is 4.98 Å². The predicted octanol–water partition coefficient (Wildman–Crippen LogP) is 4.69.